The van der Waals surface area contributed by atoms with E-state index in [-0.39, 0.29) is 0 Å². The second-order valence-electron chi connectivity index (χ2n) is 4.64. The number of aliphatic imine (C=N–C) groups is 1. The number of hydrogen-bond donors (Lipinski definition) is 2. The van der Waals surface area contributed by atoms with Crippen molar-refractivity contribution in [1.82, 2.24) is 30.4 Å². The van der Waals surface area contributed by atoms with Gasteiger partial charge in [-0.25, -0.2) is 4.98 Å². The first-order chi connectivity index (χ1) is 10.7. The third-order valence-electron chi connectivity index (χ3n) is 3.13. The molecule has 0 unspecified atom stereocenters. The predicted octanol–water partition coefficient (Wildman–Crippen LogP) is 1.25. The monoisotopic (exact) mass is 321 g/mol. The van der Waals surface area contributed by atoms with Crippen molar-refractivity contribution in [3.05, 3.63) is 41.2 Å². The SMILES string of the molecule is CCc1nncn1CCNC(=NC)NCc1ccc(Cl)nc1. The molecule has 0 aliphatic carbocycles. The zero-order valence-electron chi connectivity index (χ0n) is 12.8. The Morgan fingerprint density at radius 3 is 2.91 bits per heavy atom. The molecule has 2 N–H and O–H groups in total. The van der Waals surface area contributed by atoms with Gasteiger partial charge in [0.2, 0.25) is 0 Å². The average Bonchev–Trinajstić information content (AvgIpc) is 2.99. The number of nitrogens with one attached hydrogen (secondary N) is 2. The fourth-order valence-electron chi connectivity index (χ4n) is 1.95. The number of aromatic nitrogens is 4. The molecule has 0 aliphatic rings. The van der Waals surface area contributed by atoms with Crippen molar-refractivity contribution in [1.29, 1.82) is 0 Å². The Labute approximate surface area is 134 Å². The first-order valence-electron chi connectivity index (χ1n) is 7.14. The zero-order chi connectivity index (χ0) is 15.8. The molecule has 0 aliphatic heterocycles. The van der Waals surface area contributed by atoms with E-state index in [1.807, 2.05) is 10.6 Å². The van der Waals surface area contributed by atoms with E-state index in [1.165, 1.54) is 0 Å². The van der Waals surface area contributed by atoms with Crippen molar-refractivity contribution < 1.29 is 0 Å². The number of pyridine rings is 1. The van der Waals surface area contributed by atoms with Crippen molar-refractivity contribution in [3.63, 3.8) is 0 Å². The minimum absolute atomic E-state index is 0.493. The van der Waals surface area contributed by atoms with E-state index in [1.54, 1.807) is 25.6 Å². The van der Waals surface area contributed by atoms with Crippen LogP contribution in [0.5, 0.6) is 0 Å². The fourth-order valence-corrected chi connectivity index (χ4v) is 2.06. The van der Waals surface area contributed by atoms with E-state index in [4.69, 9.17) is 11.6 Å². The molecule has 0 atom stereocenters. The van der Waals surface area contributed by atoms with Gasteiger partial charge in [-0.1, -0.05) is 24.6 Å². The highest BCUT2D eigenvalue weighted by Crippen LogP contribution is 2.04. The molecular weight excluding hydrogens is 302 g/mol. The number of aryl methyl sites for hydroxylation is 1. The Hall–Kier alpha value is -2.15. The Balaban J connectivity index is 1.77. The molecule has 0 radical (unpaired) electrons. The summed E-state index contributed by atoms with van der Waals surface area (Å²) in [5, 5.41) is 15.0. The molecule has 2 rings (SSSR count). The molecule has 22 heavy (non-hydrogen) atoms. The van der Waals surface area contributed by atoms with Crippen LogP contribution in [0.1, 0.15) is 18.3 Å². The number of nitrogens with zero attached hydrogens (tertiary/aromatic N) is 5. The van der Waals surface area contributed by atoms with Gasteiger partial charge >= 0.3 is 0 Å². The summed E-state index contributed by atoms with van der Waals surface area (Å²) < 4.78 is 2.03. The van der Waals surface area contributed by atoms with Gasteiger partial charge in [0.15, 0.2) is 5.96 Å². The molecule has 0 aromatic carbocycles. The van der Waals surface area contributed by atoms with Crippen molar-refractivity contribution in [2.24, 2.45) is 4.99 Å². The van der Waals surface area contributed by atoms with Crippen LogP contribution in [-0.4, -0.2) is 39.3 Å². The largest absolute Gasteiger partial charge is 0.355 e. The first kappa shape index (κ1) is 16.2. The molecule has 0 fully saturated rings. The van der Waals surface area contributed by atoms with Gasteiger partial charge in [0.25, 0.3) is 0 Å². The summed E-state index contributed by atoms with van der Waals surface area (Å²) in [5.41, 5.74) is 1.04. The van der Waals surface area contributed by atoms with Gasteiger partial charge < -0.3 is 15.2 Å². The molecule has 0 saturated carbocycles. The summed E-state index contributed by atoms with van der Waals surface area (Å²) in [6.45, 7) is 4.23. The lowest BCUT2D eigenvalue weighted by atomic mass is 10.3. The highest BCUT2D eigenvalue weighted by Gasteiger charge is 2.02. The summed E-state index contributed by atoms with van der Waals surface area (Å²) in [7, 11) is 1.74. The third-order valence-corrected chi connectivity index (χ3v) is 3.35. The maximum atomic E-state index is 5.76. The molecule has 2 aromatic rings. The van der Waals surface area contributed by atoms with E-state index in [0.29, 0.717) is 11.7 Å². The van der Waals surface area contributed by atoms with Crippen molar-refractivity contribution in [2.45, 2.75) is 26.4 Å². The summed E-state index contributed by atoms with van der Waals surface area (Å²) in [6.07, 6.45) is 4.36. The molecule has 2 aromatic heterocycles. The Morgan fingerprint density at radius 2 is 2.23 bits per heavy atom. The molecule has 118 valence electrons. The standard InChI is InChI=1S/C14H20ClN7/c1-3-13-21-20-10-22(13)7-6-17-14(16-2)19-9-11-4-5-12(15)18-8-11/h4-5,8,10H,3,6-7,9H2,1-2H3,(H2,16,17,19). The van der Waals surface area contributed by atoms with E-state index in [9.17, 15) is 0 Å². The topological polar surface area (TPSA) is 80.0 Å². The molecule has 0 spiro atoms. The minimum atomic E-state index is 0.493. The summed E-state index contributed by atoms with van der Waals surface area (Å²) >= 11 is 5.76. The molecule has 0 saturated heterocycles. The molecule has 2 heterocycles. The highest BCUT2D eigenvalue weighted by molar-refractivity contribution is 6.29. The van der Waals surface area contributed by atoms with Gasteiger partial charge in [-0.3, -0.25) is 4.99 Å². The van der Waals surface area contributed by atoms with Crippen LogP contribution in [0.4, 0.5) is 0 Å². The van der Waals surface area contributed by atoms with Gasteiger partial charge in [-0.05, 0) is 11.6 Å². The fraction of sp³-hybridized carbons (Fsp3) is 0.429. The Bertz CT molecular complexity index is 606. The number of halogens is 1. The molecule has 7 nitrogen and oxygen atoms in total. The van der Waals surface area contributed by atoms with Crippen LogP contribution in [0.25, 0.3) is 0 Å². The van der Waals surface area contributed by atoms with Crippen LogP contribution < -0.4 is 10.6 Å². The smallest absolute Gasteiger partial charge is 0.191 e. The zero-order valence-corrected chi connectivity index (χ0v) is 13.5. The Morgan fingerprint density at radius 1 is 1.36 bits per heavy atom. The number of guanidine groups is 1. The first-order valence-corrected chi connectivity index (χ1v) is 7.52. The van der Waals surface area contributed by atoms with Crippen LogP contribution in [0, 0.1) is 0 Å². The van der Waals surface area contributed by atoms with E-state index in [2.05, 4.69) is 37.7 Å². The lowest BCUT2D eigenvalue weighted by molar-refractivity contribution is 0.632. The maximum Gasteiger partial charge on any atom is 0.191 e. The summed E-state index contributed by atoms with van der Waals surface area (Å²) in [4.78, 5) is 8.24. The number of hydrogen-bond acceptors (Lipinski definition) is 4. The normalized spacial score (nSPS) is 11.5. The van der Waals surface area contributed by atoms with Crippen molar-refractivity contribution >= 4 is 17.6 Å². The van der Waals surface area contributed by atoms with Gasteiger partial charge in [0, 0.05) is 39.3 Å². The average molecular weight is 322 g/mol. The lowest BCUT2D eigenvalue weighted by Crippen LogP contribution is -2.38. The van der Waals surface area contributed by atoms with Crippen LogP contribution >= 0.6 is 11.6 Å². The van der Waals surface area contributed by atoms with E-state index >= 15 is 0 Å². The maximum absolute atomic E-state index is 5.76. The highest BCUT2D eigenvalue weighted by atomic mass is 35.5. The predicted molar refractivity (Wildman–Crippen MR) is 86.8 cm³/mol. The molecule has 0 amide bonds. The second-order valence-corrected chi connectivity index (χ2v) is 5.02. The van der Waals surface area contributed by atoms with Gasteiger partial charge in [-0.15, -0.1) is 10.2 Å². The van der Waals surface area contributed by atoms with Crippen molar-refractivity contribution in [2.75, 3.05) is 13.6 Å². The quantitative estimate of drug-likeness (QED) is 0.475. The third kappa shape index (κ3) is 4.70. The van der Waals surface area contributed by atoms with E-state index < -0.39 is 0 Å². The summed E-state index contributed by atoms with van der Waals surface area (Å²) in [5.74, 6) is 1.72. The Kier molecular flexibility index (Phi) is 6.14. The summed E-state index contributed by atoms with van der Waals surface area (Å²) in [6, 6.07) is 3.70. The van der Waals surface area contributed by atoms with Crippen LogP contribution in [0.2, 0.25) is 5.15 Å². The minimum Gasteiger partial charge on any atom is -0.355 e. The van der Waals surface area contributed by atoms with Gasteiger partial charge in [0.05, 0.1) is 0 Å². The van der Waals surface area contributed by atoms with Gasteiger partial charge in [0.1, 0.15) is 17.3 Å². The number of rotatable bonds is 6. The molecular formula is C14H20ClN7. The second kappa shape index (κ2) is 8.33. The lowest BCUT2D eigenvalue weighted by Gasteiger charge is -2.12. The van der Waals surface area contributed by atoms with E-state index in [0.717, 1.165) is 36.9 Å². The molecule has 0 bridgehead atoms. The van der Waals surface area contributed by atoms with Crippen LogP contribution in [0.3, 0.4) is 0 Å². The van der Waals surface area contributed by atoms with Crippen molar-refractivity contribution in [3.8, 4) is 0 Å². The molecule has 8 heteroatoms. The van der Waals surface area contributed by atoms with Crippen LogP contribution in [-0.2, 0) is 19.5 Å². The van der Waals surface area contributed by atoms with Crippen LogP contribution in [0.15, 0.2) is 29.6 Å². The van der Waals surface area contributed by atoms with Gasteiger partial charge in [-0.2, -0.15) is 0 Å².